The Morgan fingerprint density at radius 1 is 1.14 bits per heavy atom. The van der Waals surface area contributed by atoms with Crippen molar-refractivity contribution < 1.29 is 37.3 Å². The number of nitrogens with zero attached hydrogens (tertiary/aromatic N) is 3. The fourth-order valence-electron chi connectivity index (χ4n) is 5.78. The summed E-state index contributed by atoms with van der Waals surface area (Å²) in [5, 5.41) is 9.54. The molecule has 43 heavy (non-hydrogen) atoms. The topological polar surface area (TPSA) is 86.0 Å². The second-order valence-corrected chi connectivity index (χ2v) is 11.0. The quantitative estimate of drug-likeness (QED) is 0.245. The zero-order valence-corrected chi connectivity index (χ0v) is 23.9. The maximum Gasteiger partial charge on any atom is 0.419 e. The van der Waals surface area contributed by atoms with E-state index >= 15 is 0 Å². The third-order valence-electron chi connectivity index (χ3n) is 8.36. The number of benzene rings is 3. The molecular formula is C32H32F3N3O5. The maximum absolute atomic E-state index is 14.1. The molecule has 226 valence electrons. The summed E-state index contributed by atoms with van der Waals surface area (Å²) < 4.78 is 60.9. The first kappa shape index (κ1) is 29.0. The van der Waals surface area contributed by atoms with Gasteiger partial charge in [-0.25, -0.2) is 9.78 Å². The molecule has 0 aliphatic carbocycles. The molecule has 2 atom stereocenters. The Morgan fingerprint density at radius 2 is 1.91 bits per heavy atom. The van der Waals surface area contributed by atoms with Crippen molar-refractivity contribution in [3.8, 4) is 11.5 Å². The lowest BCUT2D eigenvalue weighted by molar-refractivity contribution is -0.139. The molecular weight excluding hydrogens is 563 g/mol. The molecule has 6 rings (SSSR count). The maximum atomic E-state index is 14.1. The number of aromatic carboxylic acids is 1. The van der Waals surface area contributed by atoms with E-state index in [1.165, 1.54) is 18.2 Å². The number of ether oxygens (including phenoxy) is 3. The molecule has 0 saturated carbocycles. The minimum absolute atomic E-state index is 0.0183. The summed E-state index contributed by atoms with van der Waals surface area (Å²) in [7, 11) is 1.55. The largest absolute Gasteiger partial charge is 0.497 e. The lowest BCUT2D eigenvalue weighted by Gasteiger charge is -2.36. The van der Waals surface area contributed by atoms with Gasteiger partial charge in [0.2, 0.25) is 0 Å². The van der Waals surface area contributed by atoms with Crippen molar-refractivity contribution in [2.45, 2.75) is 57.8 Å². The lowest BCUT2D eigenvalue weighted by atomic mass is 9.91. The number of aromatic nitrogens is 2. The number of carboxylic acid groups (broad SMARTS) is 1. The number of carboxylic acids is 1. The second kappa shape index (κ2) is 11.5. The van der Waals surface area contributed by atoms with E-state index in [0.717, 1.165) is 28.9 Å². The monoisotopic (exact) mass is 595 g/mol. The first-order valence-corrected chi connectivity index (χ1v) is 14.2. The van der Waals surface area contributed by atoms with Crippen LogP contribution in [0, 0.1) is 0 Å². The van der Waals surface area contributed by atoms with Crippen molar-refractivity contribution in [2.75, 3.05) is 20.3 Å². The summed E-state index contributed by atoms with van der Waals surface area (Å²) >= 11 is 0. The molecule has 3 heterocycles. The third kappa shape index (κ3) is 5.92. The molecule has 0 unspecified atom stereocenters. The Kier molecular flexibility index (Phi) is 7.78. The summed E-state index contributed by atoms with van der Waals surface area (Å²) in [6, 6.07) is 14.4. The number of hydrogen-bond donors (Lipinski definition) is 1. The Labute approximate surface area is 246 Å². The van der Waals surface area contributed by atoms with Crippen LogP contribution in [0.3, 0.4) is 0 Å². The predicted octanol–water partition coefficient (Wildman–Crippen LogP) is 6.25. The molecule has 1 saturated heterocycles. The van der Waals surface area contributed by atoms with Crippen LogP contribution in [0.4, 0.5) is 13.2 Å². The summed E-state index contributed by atoms with van der Waals surface area (Å²) in [5.74, 6) is 0.191. The van der Waals surface area contributed by atoms with Gasteiger partial charge < -0.3 is 23.9 Å². The van der Waals surface area contributed by atoms with Crippen molar-refractivity contribution in [3.63, 3.8) is 0 Å². The van der Waals surface area contributed by atoms with Crippen LogP contribution in [-0.4, -0.2) is 51.9 Å². The Hall–Kier alpha value is -4.09. The van der Waals surface area contributed by atoms with E-state index < -0.39 is 17.7 Å². The summed E-state index contributed by atoms with van der Waals surface area (Å²) in [5.41, 5.74) is 2.96. The number of hydrogen-bond acceptors (Lipinski definition) is 6. The Morgan fingerprint density at radius 3 is 2.56 bits per heavy atom. The van der Waals surface area contributed by atoms with Crippen LogP contribution < -0.4 is 9.47 Å². The fraction of sp³-hybridized carbons (Fsp3) is 0.375. The van der Waals surface area contributed by atoms with E-state index in [4.69, 9.17) is 19.2 Å². The van der Waals surface area contributed by atoms with Crippen molar-refractivity contribution in [1.29, 1.82) is 0 Å². The van der Waals surface area contributed by atoms with Crippen LogP contribution in [0.5, 0.6) is 11.5 Å². The van der Waals surface area contributed by atoms with Gasteiger partial charge in [-0.15, -0.1) is 0 Å². The summed E-state index contributed by atoms with van der Waals surface area (Å²) in [4.78, 5) is 18.7. The lowest BCUT2D eigenvalue weighted by Crippen LogP contribution is -2.36. The van der Waals surface area contributed by atoms with Crippen molar-refractivity contribution in [3.05, 3.63) is 88.2 Å². The summed E-state index contributed by atoms with van der Waals surface area (Å²) in [6.45, 7) is 4.18. The van der Waals surface area contributed by atoms with Crippen LogP contribution in [-0.2, 0) is 37.0 Å². The molecule has 4 aromatic rings. The van der Waals surface area contributed by atoms with Crippen LogP contribution in [0.1, 0.15) is 57.8 Å². The Balaban J connectivity index is 1.29. The van der Waals surface area contributed by atoms with E-state index in [1.54, 1.807) is 43.5 Å². The van der Waals surface area contributed by atoms with Crippen molar-refractivity contribution >= 4 is 17.0 Å². The molecule has 11 heteroatoms. The highest BCUT2D eigenvalue weighted by molar-refractivity contribution is 5.92. The molecule has 2 aliphatic heterocycles. The van der Waals surface area contributed by atoms with Crippen molar-refractivity contribution in [2.24, 2.45) is 0 Å². The predicted molar refractivity (Wildman–Crippen MR) is 152 cm³/mol. The number of imidazole rings is 1. The van der Waals surface area contributed by atoms with E-state index in [1.807, 2.05) is 11.5 Å². The van der Waals surface area contributed by atoms with Gasteiger partial charge in [0.05, 0.1) is 48.5 Å². The van der Waals surface area contributed by atoms with Gasteiger partial charge in [-0.1, -0.05) is 12.1 Å². The number of halogens is 3. The fourth-order valence-corrected chi connectivity index (χ4v) is 5.78. The highest BCUT2D eigenvalue weighted by atomic mass is 19.4. The van der Waals surface area contributed by atoms with Crippen LogP contribution in [0.2, 0.25) is 0 Å². The smallest absolute Gasteiger partial charge is 0.419 e. The van der Waals surface area contributed by atoms with Gasteiger partial charge in [0.15, 0.2) is 0 Å². The molecule has 0 bridgehead atoms. The van der Waals surface area contributed by atoms with E-state index in [2.05, 4.69) is 4.90 Å². The number of rotatable bonds is 9. The third-order valence-corrected chi connectivity index (χ3v) is 8.36. The van der Waals surface area contributed by atoms with E-state index in [9.17, 15) is 23.1 Å². The molecule has 0 radical (unpaired) electrons. The highest BCUT2D eigenvalue weighted by Crippen LogP contribution is 2.42. The van der Waals surface area contributed by atoms with Gasteiger partial charge in [-0.05, 0) is 78.9 Å². The molecule has 8 nitrogen and oxygen atoms in total. The molecule has 0 amide bonds. The van der Waals surface area contributed by atoms with Gasteiger partial charge in [0.25, 0.3) is 0 Å². The standard InChI is InChI=1S/C32H32F3N3O5/c1-19-25-15-29(43-18-20-3-6-23(41-2)7-4-20)26(32(33,34)35)13-21(25)9-11-37(19)17-30-36-27-8-5-22(31(39)40)14-28(27)38(30)16-24-10-12-42-24/h3-8,13-15,19,24H,9-12,16-18H2,1-2H3,(H,39,40)/t19-,24-/m0/s1. The average Bonchev–Trinajstić information content (AvgIpc) is 3.30. The molecule has 0 spiro atoms. The number of alkyl halides is 3. The molecule has 2 aliphatic rings. The van der Waals surface area contributed by atoms with Gasteiger partial charge >= 0.3 is 12.1 Å². The first-order chi connectivity index (χ1) is 20.6. The van der Waals surface area contributed by atoms with Gasteiger partial charge in [-0.3, -0.25) is 4.90 Å². The van der Waals surface area contributed by atoms with Gasteiger partial charge in [0.1, 0.15) is 23.9 Å². The molecule has 1 aromatic heterocycles. The SMILES string of the molecule is COc1ccc(COc2cc3c(cc2C(F)(F)F)CCN(Cc2nc4ccc(C(=O)O)cc4n2C[C@@H]2CCO2)[C@H]3C)cc1. The first-order valence-electron chi connectivity index (χ1n) is 14.2. The molecule has 3 aromatic carbocycles. The number of carbonyl (C=O) groups is 1. The molecule has 1 fully saturated rings. The minimum Gasteiger partial charge on any atom is -0.497 e. The number of methoxy groups -OCH3 is 1. The molecule has 1 N–H and O–H groups in total. The normalized spacial score (nSPS) is 18.7. The highest BCUT2D eigenvalue weighted by Gasteiger charge is 2.37. The van der Waals surface area contributed by atoms with Crippen molar-refractivity contribution in [1.82, 2.24) is 14.5 Å². The van der Waals surface area contributed by atoms with E-state index in [0.29, 0.717) is 49.5 Å². The second-order valence-electron chi connectivity index (χ2n) is 11.0. The van der Waals surface area contributed by atoms with Gasteiger partial charge in [0, 0.05) is 19.2 Å². The average molecular weight is 596 g/mol. The van der Waals surface area contributed by atoms with Crippen LogP contribution in [0.15, 0.2) is 54.6 Å². The summed E-state index contributed by atoms with van der Waals surface area (Å²) in [6.07, 6.45) is -3.19. The van der Waals surface area contributed by atoms with Crippen LogP contribution in [0.25, 0.3) is 11.0 Å². The van der Waals surface area contributed by atoms with E-state index in [-0.39, 0.29) is 30.1 Å². The zero-order chi connectivity index (χ0) is 30.3. The zero-order valence-electron chi connectivity index (χ0n) is 23.9. The van der Waals surface area contributed by atoms with Gasteiger partial charge in [-0.2, -0.15) is 13.2 Å². The minimum atomic E-state index is -4.56. The van der Waals surface area contributed by atoms with Crippen LogP contribution >= 0.6 is 0 Å². The Bertz CT molecular complexity index is 1650. The number of fused-ring (bicyclic) bond motifs is 2.